The van der Waals surface area contributed by atoms with E-state index in [0.29, 0.717) is 23.8 Å². The number of carbonyl (C=O) groups is 1. The number of rotatable bonds is 4. The molecule has 1 aromatic carbocycles. The summed E-state index contributed by atoms with van der Waals surface area (Å²) in [5.41, 5.74) is 0. The highest BCUT2D eigenvalue weighted by atomic mass is 35.5. The Bertz CT molecular complexity index is 800. The van der Waals surface area contributed by atoms with Gasteiger partial charge in [0.2, 0.25) is 0 Å². The van der Waals surface area contributed by atoms with Crippen LogP contribution in [0.3, 0.4) is 0 Å². The van der Waals surface area contributed by atoms with Gasteiger partial charge in [0.05, 0.1) is 5.39 Å². The van der Waals surface area contributed by atoms with Gasteiger partial charge in [0, 0.05) is 22.9 Å². The average Bonchev–Trinajstić information content (AvgIpc) is 2.76. The third-order valence-electron chi connectivity index (χ3n) is 3.03. The molecule has 0 fully saturated rings. The number of aliphatic carboxylic acids is 1. The summed E-state index contributed by atoms with van der Waals surface area (Å²) in [6, 6.07) is 7.98. The number of carboxylic acid groups (broad SMARTS) is 1. The van der Waals surface area contributed by atoms with Gasteiger partial charge in [-0.2, -0.15) is 0 Å². The van der Waals surface area contributed by atoms with Gasteiger partial charge < -0.3 is 5.11 Å². The van der Waals surface area contributed by atoms with Crippen LogP contribution < -0.4 is 0 Å². The predicted molar refractivity (Wildman–Crippen MR) is 80.5 cm³/mol. The predicted octanol–water partition coefficient (Wildman–Crippen LogP) is 3.91. The van der Waals surface area contributed by atoms with Crippen LogP contribution in [0.1, 0.15) is 18.7 Å². The molecule has 2 heterocycles. The molecule has 1 N–H and O–H groups in total. The first kappa shape index (κ1) is 13.3. The van der Waals surface area contributed by atoms with Crippen molar-refractivity contribution in [3.63, 3.8) is 0 Å². The Balaban J connectivity index is 2.01. The van der Waals surface area contributed by atoms with E-state index in [1.807, 2.05) is 24.3 Å². The second kappa shape index (κ2) is 5.34. The van der Waals surface area contributed by atoms with Gasteiger partial charge in [-0.3, -0.25) is 4.79 Å². The Morgan fingerprint density at radius 2 is 2.10 bits per heavy atom. The lowest BCUT2D eigenvalue weighted by Crippen LogP contribution is -1.99. The molecule has 0 aliphatic carbocycles. The molecule has 3 rings (SSSR count). The lowest BCUT2D eigenvalue weighted by molar-refractivity contribution is -0.137. The van der Waals surface area contributed by atoms with E-state index in [4.69, 9.17) is 16.7 Å². The molecule has 3 aromatic rings. The number of hydrogen-bond donors (Lipinski definition) is 1. The maximum atomic E-state index is 10.5. The summed E-state index contributed by atoms with van der Waals surface area (Å²) in [5, 5.41) is 11.0. The highest BCUT2D eigenvalue weighted by Gasteiger charge is 2.12. The lowest BCUT2D eigenvalue weighted by atomic mass is 10.2. The van der Waals surface area contributed by atoms with Crippen LogP contribution in [0, 0.1) is 0 Å². The van der Waals surface area contributed by atoms with Gasteiger partial charge in [-0.15, -0.1) is 11.3 Å². The summed E-state index contributed by atoms with van der Waals surface area (Å²) in [7, 11) is 0. The van der Waals surface area contributed by atoms with E-state index in [-0.39, 0.29) is 6.42 Å². The minimum absolute atomic E-state index is 0.117. The third-order valence-corrected chi connectivity index (χ3v) is 4.37. The van der Waals surface area contributed by atoms with Crippen molar-refractivity contribution in [2.24, 2.45) is 0 Å². The first-order valence-corrected chi connectivity index (χ1v) is 7.40. The first-order valence-electron chi connectivity index (χ1n) is 6.20. The standard InChI is InChI=1S/C14H11ClN2O2S/c15-13-12-8-4-1-2-5-9(8)20-14(12)17-10(16-13)6-3-7-11(18)19/h1-2,4-5H,3,6-7H2,(H,18,19). The fourth-order valence-corrected chi connectivity index (χ4v) is 3.57. The number of benzene rings is 1. The molecule has 2 aromatic heterocycles. The smallest absolute Gasteiger partial charge is 0.303 e. The van der Waals surface area contributed by atoms with Crippen molar-refractivity contribution in [3.8, 4) is 0 Å². The quantitative estimate of drug-likeness (QED) is 0.742. The molecule has 0 aliphatic rings. The maximum absolute atomic E-state index is 10.5. The summed E-state index contributed by atoms with van der Waals surface area (Å²) >= 11 is 7.84. The van der Waals surface area contributed by atoms with Crippen molar-refractivity contribution >= 4 is 49.2 Å². The van der Waals surface area contributed by atoms with E-state index >= 15 is 0 Å². The monoisotopic (exact) mass is 306 g/mol. The van der Waals surface area contributed by atoms with Crippen molar-refractivity contribution in [1.29, 1.82) is 0 Å². The number of nitrogens with zero attached hydrogens (tertiary/aromatic N) is 2. The fraction of sp³-hybridized carbons (Fsp3) is 0.214. The van der Waals surface area contributed by atoms with Crippen LogP contribution in [0.15, 0.2) is 24.3 Å². The van der Waals surface area contributed by atoms with Gasteiger partial charge in [0.15, 0.2) is 0 Å². The molecule has 20 heavy (non-hydrogen) atoms. The molecule has 4 nitrogen and oxygen atoms in total. The van der Waals surface area contributed by atoms with Crippen molar-refractivity contribution in [1.82, 2.24) is 9.97 Å². The molecular weight excluding hydrogens is 296 g/mol. The summed E-state index contributed by atoms with van der Waals surface area (Å²) in [6.45, 7) is 0. The van der Waals surface area contributed by atoms with Crippen molar-refractivity contribution in [2.45, 2.75) is 19.3 Å². The van der Waals surface area contributed by atoms with Crippen LogP contribution in [0.5, 0.6) is 0 Å². The third kappa shape index (κ3) is 2.46. The number of aryl methyl sites for hydroxylation is 1. The minimum Gasteiger partial charge on any atom is -0.481 e. The Hall–Kier alpha value is -1.72. The lowest BCUT2D eigenvalue weighted by Gasteiger charge is -2.00. The molecule has 0 saturated carbocycles. The molecule has 0 aliphatic heterocycles. The minimum atomic E-state index is -0.806. The Labute approximate surface area is 124 Å². The zero-order chi connectivity index (χ0) is 14.1. The summed E-state index contributed by atoms with van der Waals surface area (Å²) in [6.07, 6.45) is 1.16. The Morgan fingerprint density at radius 3 is 2.90 bits per heavy atom. The number of fused-ring (bicyclic) bond motifs is 3. The van der Waals surface area contributed by atoms with Crippen LogP contribution in [0.4, 0.5) is 0 Å². The van der Waals surface area contributed by atoms with Gasteiger partial charge in [0.25, 0.3) is 0 Å². The summed E-state index contributed by atoms with van der Waals surface area (Å²) < 4.78 is 1.13. The Kier molecular flexibility index (Phi) is 3.54. The normalized spacial score (nSPS) is 11.2. The van der Waals surface area contributed by atoms with Crippen LogP contribution >= 0.6 is 22.9 Å². The van der Waals surface area contributed by atoms with Crippen LogP contribution in [0.2, 0.25) is 5.15 Å². The van der Waals surface area contributed by atoms with Crippen LogP contribution in [-0.4, -0.2) is 21.0 Å². The highest BCUT2D eigenvalue weighted by molar-refractivity contribution is 7.25. The zero-order valence-electron chi connectivity index (χ0n) is 10.5. The molecule has 0 amide bonds. The molecule has 102 valence electrons. The topological polar surface area (TPSA) is 63.1 Å². The van der Waals surface area contributed by atoms with Crippen molar-refractivity contribution in [2.75, 3.05) is 0 Å². The van der Waals surface area contributed by atoms with Gasteiger partial charge in [0.1, 0.15) is 15.8 Å². The molecule has 0 saturated heterocycles. The summed E-state index contributed by atoms with van der Waals surface area (Å²) in [5.74, 6) is -0.200. The van der Waals surface area contributed by atoms with E-state index in [0.717, 1.165) is 20.3 Å². The van der Waals surface area contributed by atoms with E-state index in [1.54, 1.807) is 11.3 Å². The Morgan fingerprint density at radius 1 is 1.30 bits per heavy atom. The second-order valence-corrected chi connectivity index (χ2v) is 5.84. The maximum Gasteiger partial charge on any atom is 0.303 e. The SMILES string of the molecule is O=C(O)CCCc1nc(Cl)c2c(n1)sc1ccccc12. The van der Waals surface area contributed by atoms with Gasteiger partial charge in [-0.05, 0) is 12.5 Å². The number of aromatic nitrogens is 2. The van der Waals surface area contributed by atoms with E-state index in [2.05, 4.69) is 9.97 Å². The number of halogens is 1. The van der Waals surface area contributed by atoms with E-state index in [1.165, 1.54) is 0 Å². The van der Waals surface area contributed by atoms with Crippen LogP contribution in [-0.2, 0) is 11.2 Å². The molecule has 0 bridgehead atoms. The zero-order valence-corrected chi connectivity index (χ0v) is 12.0. The van der Waals surface area contributed by atoms with Gasteiger partial charge in [-0.25, -0.2) is 9.97 Å². The van der Waals surface area contributed by atoms with E-state index < -0.39 is 5.97 Å². The second-order valence-electron chi connectivity index (χ2n) is 4.46. The number of hydrogen-bond acceptors (Lipinski definition) is 4. The van der Waals surface area contributed by atoms with Gasteiger partial charge in [-0.1, -0.05) is 29.8 Å². The van der Waals surface area contributed by atoms with Crippen molar-refractivity contribution < 1.29 is 9.90 Å². The molecule has 0 unspecified atom stereocenters. The highest BCUT2D eigenvalue weighted by Crippen LogP contribution is 2.35. The molecular formula is C14H11ClN2O2S. The van der Waals surface area contributed by atoms with Gasteiger partial charge >= 0.3 is 5.97 Å². The number of thiophene rings is 1. The molecule has 0 spiro atoms. The fourth-order valence-electron chi connectivity index (χ4n) is 2.13. The largest absolute Gasteiger partial charge is 0.481 e. The van der Waals surface area contributed by atoms with Crippen LogP contribution in [0.25, 0.3) is 20.3 Å². The number of carboxylic acids is 1. The van der Waals surface area contributed by atoms with E-state index in [9.17, 15) is 4.79 Å². The average molecular weight is 307 g/mol. The molecule has 0 radical (unpaired) electrons. The summed E-state index contributed by atoms with van der Waals surface area (Å²) in [4.78, 5) is 20.2. The first-order chi connectivity index (χ1) is 9.65. The van der Waals surface area contributed by atoms with Crippen molar-refractivity contribution in [3.05, 3.63) is 35.2 Å². The molecule has 6 heteroatoms. The molecule has 0 atom stereocenters.